The second-order valence-electron chi connectivity index (χ2n) is 7.60. The molecule has 8 nitrogen and oxygen atoms in total. The number of hydrogen-bond donors (Lipinski definition) is 0. The van der Waals surface area contributed by atoms with E-state index in [1.807, 2.05) is 51.9 Å². The SMILES string of the molecule is COc1ccc(CN2CCN(C(=O)CSc3nncn3-c3cccc(Cl)c3)CC2)cc1OC. The van der Waals surface area contributed by atoms with Crippen molar-refractivity contribution in [3.63, 3.8) is 0 Å². The summed E-state index contributed by atoms with van der Waals surface area (Å²) in [4.78, 5) is 17.0. The number of aromatic nitrogens is 3. The van der Waals surface area contributed by atoms with Gasteiger partial charge >= 0.3 is 0 Å². The van der Waals surface area contributed by atoms with Gasteiger partial charge in [0.2, 0.25) is 5.91 Å². The zero-order valence-corrected chi connectivity index (χ0v) is 20.2. The van der Waals surface area contributed by atoms with E-state index in [4.69, 9.17) is 21.1 Å². The van der Waals surface area contributed by atoms with Crippen LogP contribution in [0.1, 0.15) is 5.56 Å². The molecule has 1 aliphatic heterocycles. The number of piperazine rings is 1. The molecule has 1 aliphatic rings. The number of thioether (sulfide) groups is 1. The number of amides is 1. The van der Waals surface area contributed by atoms with E-state index in [2.05, 4.69) is 15.1 Å². The van der Waals surface area contributed by atoms with Crippen molar-refractivity contribution in [2.75, 3.05) is 46.2 Å². The third-order valence-corrected chi connectivity index (χ3v) is 6.67. The first kappa shape index (κ1) is 23.4. The maximum Gasteiger partial charge on any atom is 0.233 e. The minimum Gasteiger partial charge on any atom is -0.493 e. The molecule has 2 heterocycles. The predicted molar refractivity (Wildman–Crippen MR) is 128 cm³/mol. The Morgan fingerprint density at radius 3 is 2.58 bits per heavy atom. The highest BCUT2D eigenvalue weighted by Gasteiger charge is 2.22. The van der Waals surface area contributed by atoms with Gasteiger partial charge in [-0.2, -0.15) is 0 Å². The molecule has 174 valence electrons. The van der Waals surface area contributed by atoms with Crippen LogP contribution in [0, 0.1) is 0 Å². The average Bonchev–Trinajstić information content (AvgIpc) is 3.31. The van der Waals surface area contributed by atoms with Crippen LogP contribution in [0.2, 0.25) is 5.02 Å². The van der Waals surface area contributed by atoms with E-state index in [1.54, 1.807) is 20.5 Å². The van der Waals surface area contributed by atoms with Gasteiger partial charge in [0.15, 0.2) is 16.7 Å². The molecule has 1 amide bonds. The molecular weight excluding hydrogens is 462 g/mol. The van der Waals surface area contributed by atoms with Crippen molar-refractivity contribution >= 4 is 29.3 Å². The number of rotatable bonds is 8. The first-order chi connectivity index (χ1) is 16.1. The largest absolute Gasteiger partial charge is 0.493 e. The zero-order valence-electron chi connectivity index (χ0n) is 18.6. The fourth-order valence-electron chi connectivity index (χ4n) is 3.74. The van der Waals surface area contributed by atoms with Gasteiger partial charge in [0.25, 0.3) is 0 Å². The molecule has 33 heavy (non-hydrogen) atoms. The summed E-state index contributed by atoms with van der Waals surface area (Å²) in [6.45, 7) is 3.86. The van der Waals surface area contributed by atoms with Gasteiger partial charge in [-0.05, 0) is 35.9 Å². The summed E-state index contributed by atoms with van der Waals surface area (Å²) in [5.74, 6) is 1.87. The van der Waals surface area contributed by atoms with Gasteiger partial charge in [0, 0.05) is 37.7 Å². The van der Waals surface area contributed by atoms with Crippen LogP contribution in [-0.4, -0.2) is 76.6 Å². The van der Waals surface area contributed by atoms with E-state index in [1.165, 1.54) is 11.8 Å². The van der Waals surface area contributed by atoms with Crippen LogP contribution < -0.4 is 9.47 Å². The van der Waals surface area contributed by atoms with Gasteiger partial charge < -0.3 is 14.4 Å². The lowest BCUT2D eigenvalue weighted by Crippen LogP contribution is -2.48. The number of halogens is 1. The van der Waals surface area contributed by atoms with Crippen molar-refractivity contribution in [2.24, 2.45) is 0 Å². The van der Waals surface area contributed by atoms with Crippen LogP contribution in [0.3, 0.4) is 0 Å². The summed E-state index contributed by atoms with van der Waals surface area (Å²) in [5.41, 5.74) is 2.02. The zero-order chi connectivity index (χ0) is 23.2. The summed E-state index contributed by atoms with van der Waals surface area (Å²) < 4.78 is 12.5. The molecule has 0 bridgehead atoms. The standard InChI is InChI=1S/C23H26ClN5O3S/c1-31-20-7-6-17(12-21(20)32-2)14-27-8-10-28(11-9-27)22(30)15-33-23-26-25-16-29(23)19-5-3-4-18(24)13-19/h3-7,12-13,16H,8-11,14-15H2,1-2H3. The third-order valence-electron chi connectivity index (χ3n) is 5.51. The monoisotopic (exact) mass is 487 g/mol. The number of nitrogens with zero attached hydrogens (tertiary/aromatic N) is 5. The molecule has 0 atom stereocenters. The van der Waals surface area contributed by atoms with Crippen molar-refractivity contribution < 1.29 is 14.3 Å². The quantitative estimate of drug-likeness (QED) is 0.451. The van der Waals surface area contributed by atoms with Gasteiger partial charge in [-0.25, -0.2) is 0 Å². The number of carbonyl (C=O) groups is 1. The van der Waals surface area contributed by atoms with E-state index in [-0.39, 0.29) is 5.91 Å². The normalized spacial score (nSPS) is 14.3. The topological polar surface area (TPSA) is 72.7 Å². The Labute approximate surface area is 202 Å². The van der Waals surface area contributed by atoms with Crippen molar-refractivity contribution in [3.05, 3.63) is 59.4 Å². The van der Waals surface area contributed by atoms with E-state index < -0.39 is 0 Å². The highest BCUT2D eigenvalue weighted by Crippen LogP contribution is 2.28. The van der Waals surface area contributed by atoms with Crippen LogP contribution >= 0.6 is 23.4 Å². The highest BCUT2D eigenvalue weighted by atomic mass is 35.5. The predicted octanol–water partition coefficient (Wildman–Crippen LogP) is 3.37. The fraction of sp³-hybridized carbons (Fsp3) is 0.348. The number of methoxy groups -OCH3 is 2. The summed E-state index contributed by atoms with van der Waals surface area (Å²) in [6, 6.07) is 13.4. The van der Waals surface area contributed by atoms with Crippen LogP contribution in [0.4, 0.5) is 0 Å². The van der Waals surface area contributed by atoms with Gasteiger partial charge in [-0.1, -0.05) is 35.5 Å². The lowest BCUT2D eigenvalue weighted by Gasteiger charge is -2.34. The van der Waals surface area contributed by atoms with Crippen LogP contribution in [0.25, 0.3) is 5.69 Å². The molecular formula is C23H26ClN5O3S. The molecule has 0 saturated carbocycles. The van der Waals surface area contributed by atoms with Crippen molar-refractivity contribution in [3.8, 4) is 17.2 Å². The molecule has 1 aromatic heterocycles. The number of ether oxygens (including phenoxy) is 2. The molecule has 1 saturated heterocycles. The minimum atomic E-state index is 0.103. The molecule has 0 unspecified atom stereocenters. The van der Waals surface area contributed by atoms with Crippen molar-refractivity contribution in [1.82, 2.24) is 24.6 Å². The second-order valence-corrected chi connectivity index (χ2v) is 8.98. The Hall–Kier alpha value is -2.75. The third kappa shape index (κ3) is 5.79. The second kappa shape index (κ2) is 10.9. The van der Waals surface area contributed by atoms with Gasteiger partial charge in [-0.3, -0.25) is 14.3 Å². The Morgan fingerprint density at radius 2 is 1.85 bits per heavy atom. The van der Waals surface area contributed by atoms with Crippen LogP contribution in [0.15, 0.2) is 53.9 Å². The van der Waals surface area contributed by atoms with E-state index in [9.17, 15) is 4.79 Å². The Balaban J connectivity index is 1.28. The summed E-state index contributed by atoms with van der Waals surface area (Å²) >= 11 is 7.48. The van der Waals surface area contributed by atoms with Crippen molar-refractivity contribution in [1.29, 1.82) is 0 Å². The van der Waals surface area contributed by atoms with Crippen LogP contribution in [-0.2, 0) is 11.3 Å². The molecule has 0 spiro atoms. The Morgan fingerprint density at radius 1 is 1.06 bits per heavy atom. The smallest absolute Gasteiger partial charge is 0.233 e. The molecule has 0 radical (unpaired) electrons. The van der Waals surface area contributed by atoms with Gasteiger partial charge in [0.05, 0.1) is 25.7 Å². The van der Waals surface area contributed by atoms with E-state index >= 15 is 0 Å². The van der Waals surface area contributed by atoms with Crippen molar-refractivity contribution in [2.45, 2.75) is 11.7 Å². The summed E-state index contributed by atoms with van der Waals surface area (Å²) in [7, 11) is 3.27. The molecule has 0 aliphatic carbocycles. The first-order valence-corrected chi connectivity index (χ1v) is 11.9. The molecule has 0 N–H and O–H groups in total. The average molecular weight is 488 g/mol. The van der Waals surface area contributed by atoms with Crippen LogP contribution in [0.5, 0.6) is 11.5 Å². The maximum absolute atomic E-state index is 12.8. The van der Waals surface area contributed by atoms with E-state index in [0.29, 0.717) is 29.0 Å². The lowest BCUT2D eigenvalue weighted by molar-refractivity contribution is -0.130. The lowest BCUT2D eigenvalue weighted by atomic mass is 10.1. The highest BCUT2D eigenvalue weighted by molar-refractivity contribution is 7.99. The molecule has 4 rings (SSSR count). The Kier molecular flexibility index (Phi) is 7.74. The molecule has 1 fully saturated rings. The molecule has 10 heteroatoms. The summed E-state index contributed by atoms with van der Waals surface area (Å²) in [6.07, 6.45) is 1.63. The first-order valence-electron chi connectivity index (χ1n) is 10.6. The maximum atomic E-state index is 12.8. The molecule has 2 aromatic carbocycles. The Bertz CT molecular complexity index is 1100. The van der Waals surface area contributed by atoms with Gasteiger partial charge in [-0.15, -0.1) is 10.2 Å². The number of carbonyl (C=O) groups excluding carboxylic acids is 1. The van der Waals surface area contributed by atoms with E-state index in [0.717, 1.165) is 42.4 Å². The minimum absolute atomic E-state index is 0.103. The fourth-order valence-corrected chi connectivity index (χ4v) is 4.75. The number of benzene rings is 2. The number of hydrogen-bond acceptors (Lipinski definition) is 7. The van der Waals surface area contributed by atoms with Gasteiger partial charge in [0.1, 0.15) is 6.33 Å². The molecule has 3 aromatic rings. The summed E-state index contributed by atoms with van der Waals surface area (Å²) in [5, 5.41) is 9.45.